The van der Waals surface area contributed by atoms with Gasteiger partial charge in [0.2, 0.25) is 0 Å². The Hall–Kier alpha value is -3.71. The highest BCUT2D eigenvalue weighted by Crippen LogP contribution is 2.29. The molecule has 0 unspecified atom stereocenters. The third-order valence-corrected chi connectivity index (χ3v) is 5.55. The molecule has 7 heteroatoms. The van der Waals surface area contributed by atoms with Crippen LogP contribution in [0.4, 0.5) is 5.69 Å². The van der Waals surface area contributed by atoms with Crippen LogP contribution in [0.3, 0.4) is 0 Å². The van der Waals surface area contributed by atoms with Crippen LogP contribution in [0, 0.1) is 0 Å². The van der Waals surface area contributed by atoms with E-state index >= 15 is 0 Å². The minimum Gasteiger partial charge on any atom is -0.488 e. The number of anilines is 1. The number of carbonyl (C=O) groups excluding carboxylic acids is 1. The van der Waals surface area contributed by atoms with E-state index in [0.29, 0.717) is 23.6 Å². The van der Waals surface area contributed by atoms with Crippen molar-refractivity contribution in [3.05, 3.63) is 99.5 Å². The lowest BCUT2D eigenvalue weighted by atomic mass is 10.1. The first-order chi connectivity index (χ1) is 15.4. The minimum absolute atomic E-state index is 0.171. The summed E-state index contributed by atoms with van der Waals surface area (Å²) in [4.78, 5) is 23.8. The van der Waals surface area contributed by atoms with Crippen molar-refractivity contribution in [3.8, 4) is 5.75 Å². The zero-order chi connectivity index (χ0) is 22.7. The topological polar surface area (TPSA) is 79.2 Å². The van der Waals surface area contributed by atoms with E-state index < -0.39 is 5.97 Å². The molecule has 0 saturated heterocycles. The van der Waals surface area contributed by atoms with Crippen LogP contribution in [0.2, 0.25) is 0 Å². The summed E-state index contributed by atoms with van der Waals surface area (Å²) in [6.45, 7) is 2.12. The summed E-state index contributed by atoms with van der Waals surface area (Å²) in [5.74, 6) is -0.490. The van der Waals surface area contributed by atoms with Crippen LogP contribution in [0.1, 0.15) is 28.4 Å². The molecule has 1 aliphatic rings. The van der Waals surface area contributed by atoms with E-state index in [4.69, 9.17) is 9.84 Å². The number of amides is 1. The molecule has 1 aliphatic heterocycles. The SMILES string of the molecule is CC1=NN(c2ccccc2)C(=O)/C1=C/c1ccc(OCc2ccc(C(=O)O)cc2)c(Br)c1. The van der Waals surface area contributed by atoms with E-state index in [2.05, 4.69) is 21.0 Å². The molecule has 0 radical (unpaired) electrons. The van der Waals surface area contributed by atoms with Crippen LogP contribution in [0.15, 0.2) is 87.9 Å². The number of aromatic carboxylic acids is 1. The number of para-hydroxylation sites is 1. The Kier molecular flexibility index (Phi) is 6.18. The molecule has 1 N–H and O–H groups in total. The minimum atomic E-state index is -0.960. The summed E-state index contributed by atoms with van der Waals surface area (Å²) >= 11 is 3.52. The number of hydrogen-bond donors (Lipinski definition) is 1. The third-order valence-electron chi connectivity index (χ3n) is 4.93. The van der Waals surface area contributed by atoms with E-state index in [1.54, 1.807) is 24.3 Å². The van der Waals surface area contributed by atoms with Crippen LogP contribution in [0.5, 0.6) is 5.75 Å². The molecule has 160 valence electrons. The fourth-order valence-electron chi connectivity index (χ4n) is 3.22. The summed E-state index contributed by atoms with van der Waals surface area (Å²) in [5, 5.41) is 14.8. The maximum Gasteiger partial charge on any atom is 0.335 e. The molecule has 3 aromatic rings. The van der Waals surface area contributed by atoms with Gasteiger partial charge in [-0.3, -0.25) is 4.79 Å². The number of nitrogens with zero attached hydrogens (tertiary/aromatic N) is 2. The van der Waals surface area contributed by atoms with Gasteiger partial charge in [0.1, 0.15) is 12.4 Å². The van der Waals surface area contributed by atoms with Crippen molar-refractivity contribution < 1.29 is 19.4 Å². The van der Waals surface area contributed by atoms with Crippen molar-refractivity contribution in [1.29, 1.82) is 0 Å². The Morgan fingerprint density at radius 2 is 1.81 bits per heavy atom. The normalized spacial score (nSPS) is 14.6. The first kappa shape index (κ1) is 21.5. The molecular weight excluding hydrogens is 472 g/mol. The number of carboxylic acid groups (broad SMARTS) is 1. The first-order valence-electron chi connectivity index (χ1n) is 9.84. The predicted octanol–water partition coefficient (Wildman–Crippen LogP) is 5.53. The maximum atomic E-state index is 12.9. The highest BCUT2D eigenvalue weighted by Gasteiger charge is 2.28. The van der Waals surface area contributed by atoms with Gasteiger partial charge in [-0.25, -0.2) is 4.79 Å². The smallest absolute Gasteiger partial charge is 0.335 e. The summed E-state index contributed by atoms with van der Waals surface area (Å²) in [6.07, 6.45) is 1.81. The second-order valence-corrected chi connectivity index (χ2v) is 8.03. The Labute approximate surface area is 193 Å². The van der Waals surface area contributed by atoms with Crippen molar-refractivity contribution in [2.24, 2.45) is 5.10 Å². The summed E-state index contributed by atoms with van der Waals surface area (Å²) in [5.41, 5.74) is 3.84. The summed E-state index contributed by atoms with van der Waals surface area (Å²) in [6, 6.07) is 21.4. The van der Waals surface area contributed by atoms with Crippen LogP contribution in [-0.4, -0.2) is 22.7 Å². The Bertz CT molecular complexity index is 1230. The number of carboxylic acids is 1. The standard InChI is InChI=1S/C25H19BrN2O4/c1-16-21(24(29)28(27-16)20-5-3-2-4-6-20)13-18-9-12-23(22(26)14-18)32-15-17-7-10-19(11-8-17)25(30)31/h2-14H,15H2,1H3,(H,30,31)/b21-13+. The van der Waals surface area contributed by atoms with Crippen LogP contribution in [-0.2, 0) is 11.4 Å². The molecule has 3 aromatic carbocycles. The number of rotatable bonds is 6. The van der Waals surface area contributed by atoms with E-state index in [1.165, 1.54) is 5.01 Å². The zero-order valence-electron chi connectivity index (χ0n) is 17.2. The molecule has 1 amide bonds. The largest absolute Gasteiger partial charge is 0.488 e. The molecule has 6 nitrogen and oxygen atoms in total. The molecule has 0 spiro atoms. The lowest BCUT2D eigenvalue weighted by molar-refractivity contribution is -0.114. The van der Waals surface area contributed by atoms with Crippen LogP contribution >= 0.6 is 15.9 Å². The molecule has 4 rings (SSSR count). The van der Waals surface area contributed by atoms with E-state index in [9.17, 15) is 9.59 Å². The average molecular weight is 491 g/mol. The number of carbonyl (C=O) groups is 2. The van der Waals surface area contributed by atoms with Gasteiger partial charge in [0, 0.05) is 0 Å². The summed E-state index contributed by atoms with van der Waals surface area (Å²) in [7, 11) is 0. The van der Waals surface area contributed by atoms with Gasteiger partial charge in [0.05, 0.1) is 27.0 Å². The fraction of sp³-hybridized carbons (Fsp3) is 0.0800. The molecule has 0 atom stereocenters. The highest BCUT2D eigenvalue weighted by molar-refractivity contribution is 9.10. The number of ether oxygens (including phenoxy) is 1. The van der Waals surface area contributed by atoms with Crippen molar-refractivity contribution >= 4 is 45.3 Å². The average Bonchev–Trinajstić information content (AvgIpc) is 3.07. The molecule has 0 saturated carbocycles. The molecule has 32 heavy (non-hydrogen) atoms. The van der Waals surface area contributed by atoms with Gasteiger partial charge in [-0.05, 0) is 76.5 Å². The molecule has 0 aliphatic carbocycles. The van der Waals surface area contributed by atoms with Crippen molar-refractivity contribution in [3.63, 3.8) is 0 Å². The highest BCUT2D eigenvalue weighted by atomic mass is 79.9. The Morgan fingerprint density at radius 3 is 2.47 bits per heavy atom. The second kappa shape index (κ2) is 9.20. The van der Waals surface area contributed by atoms with Crippen molar-refractivity contribution in [1.82, 2.24) is 0 Å². The number of hydrogen-bond acceptors (Lipinski definition) is 4. The quantitative estimate of drug-likeness (QED) is 0.460. The number of benzene rings is 3. The van der Waals surface area contributed by atoms with Crippen LogP contribution < -0.4 is 9.75 Å². The van der Waals surface area contributed by atoms with E-state index in [-0.39, 0.29) is 11.5 Å². The molecule has 0 fully saturated rings. The van der Waals surface area contributed by atoms with Gasteiger partial charge < -0.3 is 9.84 Å². The van der Waals surface area contributed by atoms with Crippen molar-refractivity contribution in [2.45, 2.75) is 13.5 Å². The Morgan fingerprint density at radius 1 is 1.09 bits per heavy atom. The Balaban J connectivity index is 1.47. The van der Waals surface area contributed by atoms with Crippen LogP contribution in [0.25, 0.3) is 6.08 Å². The molecule has 1 heterocycles. The van der Waals surface area contributed by atoms with Gasteiger partial charge in [0.25, 0.3) is 5.91 Å². The van der Waals surface area contributed by atoms with Gasteiger partial charge >= 0.3 is 5.97 Å². The monoisotopic (exact) mass is 490 g/mol. The van der Waals surface area contributed by atoms with Gasteiger partial charge in [-0.2, -0.15) is 10.1 Å². The van der Waals surface area contributed by atoms with Gasteiger partial charge in [-0.15, -0.1) is 0 Å². The zero-order valence-corrected chi connectivity index (χ0v) is 18.7. The molecular formula is C25H19BrN2O4. The third kappa shape index (κ3) is 4.63. The molecule has 0 aromatic heterocycles. The first-order valence-corrected chi connectivity index (χ1v) is 10.6. The lowest BCUT2D eigenvalue weighted by Gasteiger charge is -2.11. The van der Waals surface area contributed by atoms with Gasteiger partial charge in [0.15, 0.2) is 0 Å². The van der Waals surface area contributed by atoms with Crippen molar-refractivity contribution in [2.75, 3.05) is 5.01 Å². The van der Waals surface area contributed by atoms with E-state index in [0.717, 1.165) is 21.3 Å². The predicted molar refractivity (Wildman–Crippen MR) is 127 cm³/mol. The lowest BCUT2D eigenvalue weighted by Crippen LogP contribution is -2.21. The number of halogens is 1. The van der Waals surface area contributed by atoms with Gasteiger partial charge in [-0.1, -0.05) is 36.4 Å². The second-order valence-electron chi connectivity index (χ2n) is 7.18. The van der Waals surface area contributed by atoms with E-state index in [1.807, 2.05) is 61.5 Å². The fourth-order valence-corrected chi connectivity index (χ4v) is 3.73. The number of hydrazone groups is 1. The molecule has 0 bridgehead atoms. The summed E-state index contributed by atoms with van der Waals surface area (Å²) < 4.78 is 6.60. The maximum absolute atomic E-state index is 12.9.